The number of aromatic nitrogens is 2. The highest BCUT2D eigenvalue weighted by atomic mass is 16.5. The Morgan fingerprint density at radius 1 is 1.60 bits per heavy atom. The number of likely N-dealkylation sites (tertiary alicyclic amines) is 1. The Balaban J connectivity index is 2.18. The molecule has 5 nitrogen and oxygen atoms in total. The third-order valence-corrected chi connectivity index (χ3v) is 2.81. The number of carbonyl (C=O) groups is 1. The molecular formula is C10H15N3O2. The summed E-state index contributed by atoms with van der Waals surface area (Å²) in [5.74, 6) is 0.712. The van der Waals surface area contributed by atoms with Crippen molar-refractivity contribution in [1.29, 1.82) is 0 Å². The number of aldehydes is 1. The van der Waals surface area contributed by atoms with Gasteiger partial charge in [-0.05, 0) is 33.2 Å². The summed E-state index contributed by atoms with van der Waals surface area (Å²) in [6.07, 6.45) is 2.77. The molecule has 1 atom stereocenters. The van der Waals surface area contributed by atoms with Gasteiger partial charge in [0.15, 0.2) is 5.82 Å². The molecule has 2 rings (SSSR count). The molecule has 0 bridgehead atoms. The van der Waals surface area contributed by atoms with E-state index < -0.39 is 0 Å². The minimum Gasteiger partial charge on any atom is -0.331 e. The summed E-state index contributed by atoms with van der Waals surface area (Å²) in [6, 6.07) is 0.679. The van der Waals surface area contributed by atoms with E-state index in [9.17, 15) is 4.79 Å². The van der Waals surface area contributed by atoms with Crippen LogP contribution in [-0.2, 0) is 0 Å². The van der Waals surface area contributed by atoms with Crippen LogP contribution in [0, 0.1) is 0 Å². The van der Waals surface area contributed by atoms with Gasteiger partial charge in [-0.3, -0.25) is 9.69 Å². The predicted molar refractivity (Wildman–Crippen MR) is 53.5 cm³/mol. The molecule has 0 aliphatic carbocycles. The van der Waals surface area contributed by atoms with Crippen molar-refractivity contribution < 1.29 is 9.32 Å². The van der Waals surface area contributed by atoms with Crippen LogP contribution in [-0.4, -0.2) is 33.9 Å². The zero-order chi connectivity index (χ0) is 10.8. The van der Waals surface area contributed by atoms with E-state index in [0.717, 1.165) is 19.4 Å². The molecule has 1 saturated heterocycles. The number of hydrogen-bond donors (Lipinski definition) is 0. The van der Waals surface area contributed by atoms with Crippen molar-refractivity contribution in [3.8, 4) is 0 Å². The standard InChI is InChI=1S/C10H15N3O2/c1-7(2)13-5-3-4-8(13)10-11-9(6-14)15-12-10/h6-8H,3-5H2,1-2H3. The Labute approximate surface area is 88.5 Å². The van der Waals surface area contributed by atoms with Crippen LogP contribution in [0.4, 0.5) is 0 Å². The number of rotatable bonds is 3. The lowest BCUT2D eigenvalue weighted by Gasteiger charge is -2.25. The normalized spacial score (nSPS) is 22.5. The van der Waals surface area contributed by atoms with Gasteiger partial charge >= 0.3 is 0 Å². The summed E-state index contributed by atoms with van der Waals surface area (Å²) < 4.78 is 4.80. The summed E-state index contributed by atoms with van der Waals surface area (Å²) in [6.45, 7) is 5.37. The zero-order valence-electron chi connectivity index (χ0n) is 9.01. The topological polar surface area (TPSA) is 59.2 Å². The molecule has 0 aromatic carbocycles. The maximum Gasteiger partial charge on any atom is 0.290 e. The van der Waals surface area contributed by atoms with Crippen molar-refractivity contribution in [3.63, 3.8) is 0 Å². The highest BCUT2D eigenvalue weighted by Crippen LogP contribution is 2.31. The monoisotopic (exact) mass is 209 g/mol. The summed E-state index contributed by atoms with van der Waals surface area (Å²) >= 11 is 0. The third-order valence-electron chi connectivity index (χ3n) is 2.81. The fourth-order valence-corrected chi connectivity index (χ4v) is 2.11. The average Bonchev–Trinajstić information content (AvgIpc) is 2.85. The second-order valence-corrected chi connectivity index (χ2v) is 4.10. The molecule has 0 saturated carbocycles. The minimum atomic E-state index is 0.0700. The van der Waals surface area contributed by atoms with E-state index in [2.05, 4.69) is 28.9 Å². The molecule has 0 radical (unpaired) electrons. The van der Waals surface area contributed by atoms with Crippen molar-refractivity contribution >= 4 is 6.29 Å². The maximum absolute atomic E-state index is 10.4. The molecule has 1 fully saturated rings. The lowest BCUT2D eigenvalue weighted by molar-refractivity contribution is 0.108. The lowest BCUT2D eigenvalue weighted by Crippen LogP contribution is -2.30. The lowest BCUT2D eigenvalue weighted by atomic mass is 10.2. The Bertz CT molecular complexity index is 348. The van der Waals surface area contributed by atoms with Crippen molar-refractivity contribution in [1.82, 2.24) is 15.0 Å². The molecule has 0 N–H and O–H groups in total. The van der Waals surface area contributed by atoms with Gasteiger partial charge in [-0.1, -0.05) is 5.16 Å². The van der Waals surface area contributed by atoms with Crippen LogP contribution in [0.3, 0.4) is 0 Å². The molecule has 1 aromatic rings. The fourth-order valence-electron chi connectivity index (χ4n) is 2.11. The van der Waals surface area contributed by atoms with Crippen LogP contribution in [0.1, 0.15) is 49.2 Å². The number of carbonyl (C=O) groups excluding carboxylic acids is 1. The molecule has 0 spiro atoms. The van der Waals surface area contributed by atoms with Gasteiger partial charge in [0.25, 0.3) is 5.89 Å². The van der Waals surface area contributed by atoms with Gasteiger partial charge in [0, 0.05) is 6.04 Å². The third kappa shape index (κ3) is 1.92. The first-order chi connectivity index (χ1) is 7.22. The van der Waals surface area contributed by atoms with E-state index >= 15 is 0 Å². The molecule has 1 aliphatic heterocycles. The van der Waals surface area contributed by atoms with Crippen LogP contribution in [0.2, 0.25) is 0 Å². The molecule has 82 valence electrons. The number of nitrogens with zero attached hydrogens (tertiary/aromatic N) is 3. The first kappa shape index (κ1) is 10.3. The van der Waals surface area contributed by atoms with E-state index in [1.54, 1.807) is 0 Å². The first-order valence-corrected chi connectivity index (χ1v) is 5.27. The number of hydrogen-bond acceptors (Lipinski definition) is 5. The van der Waals surface area contributed by atoms with E-state index in [1.165, 1.54) is 0 Å². The highest BCUT2D eigenvalue weighted by Gasteiger charge is 2.31. The van der Waals surface area contributed by atoms with Gasteiger partial charge in [-0.25, -0.2) is 0 Å². The predicted octanol–water partition coefficient (Wildman–Crippen LogP) is 1.43. The molecule has 15 heavy (non-hydrogen) atoms. The maximum atomic E-state index is 10.4. The second-order valence-electron chi connectivity index (χ2n) is 4.10. The van der Waals surface area contributed by atoms with Gasteiger partial charge in [-0.15, -0.1) is 0 Å². The summed E-state index contributed by atoms with van der Waals surface area (Å²) in [7, 11) is 0. The van der Waals surface area contributed by atoms with Gasteiger partial charge in [-0.2, -0.15) is 4.98 Å². The van der Waals surface area contributed by atoms with E-state index in [-0.39, 0.29) is 11.9 Å². The highest BCUT2D eigenvalue weighted by molar-refractivity contribution is 5.66. The zero-order valence-corrected chi connectivity index (χ0v) is 9.01. The van der Waals surface area contributed by atoms with E-state index in [4.69, 9.17) is 4.52 Å². The largest absolute Gasteiger partial charge is 0.331 e. The smallest absolute Gasteiger partial charge is 0.290 e. The van der Waals surface area contributed by atoms with E-state index in [1.807, 2.05) is 0 Å². The van der Waals surface area contributed by atoms with Crippen molar-refractivity contribution in [3.05, 3.63) is 11.7 Å². The quantitative estimate of drug-likeness (QED) is 0.705. The van der Waals surface area contributed by atoms with Crippen molar-refractivity contribution in [2.24, 2.45) is 0 Å². The average molecular weight is 209 g/mol. The second kappa shape index (κ2) is 4.10. The molecule has 0 amide bonds. The first-order valence-electron chi connectivity index (χ1n) is 5.27. The van der Waals surface area contributed by atoms with Crippen molar-refractivity contribution in [2.45, 2.75) is 38.8 Å². The Hall–Kier alpha value is -1.23. The summed E-state index contributed by atoms with van der Waals surface area (Å²) in [5, 5.41) is 3.84. The van der Waals surface area contributed by atoms with Crippen LogP contribution in [0.5, 0.6) is 0 Å². The Kier molecular flexibility index (Phi) is 2.81. The van der Waals surface area contributed by atoms with Gasteiger partial charge in [0.1, 0.15) is 0 Å². The Morgan fingerprint density at radius 2 is 2.40 bits per heavy atom. The molecular weight excluding hydrogens is 194 g/mol. The fraction of sp³-hybridized carbons (Fsp3) is 0.700. The Morgan fingerprint density at radius 3 is 3.00 bits per heavy atom. The molecule has 1 aromatic heterocycles. The summed E-state index contributed by atoms with van der Waals surface area (Å²) in [4.78, 5) is 16.8. The van der Waals surface area contributed by atoms with Crippen molar-refractivity contribution in [2.75, 3.05) is 6.54 Å². The summed E-state index contributed by atoms with van der Waals surface area (Å²) in [5.41, 5.74) is 0. The van der Waals surface area contributed by atoms with Gasteiger partial charge in [0.05, 0.1) is 6.04 Å². The van der Waals surface area contributed by atoms with Crippen LogP contribution in [0.15, 0.2) is 4.52 Å². The molecule has 2 heterocycles. The van der Waals surface area contributed by atoms with E-state index in [0.29, 0.717) is 18.2 Å². The molecule has 1 unspecified atom stereocenters. The molecule has 5 heteroatoms. The molecule has 1 aliphatic rings. The van der Waals surface area contributed by atoms with Crippen LogP contribution < -0.4 is 0 Å². The van der Waals surface area contributed by atoms with Crippen LogP contribution in [0.25, 0.3) is 0 Å². The SMILES string of the molecule is CC(C)N1CCCC1c1noc(C=O)n1. The van der Waals surface area contributed by atoms with Crippen LogP contribution >= 0.6 is 0 Å². The van der Waals surface area contributed by atoms with Gasteiger partial charge in [0.2, 0.25) is 6.29 Å². The minimum absolute atomic E-state index is 0.0700. The van der Waals surface area contributed by atoms with Gasteiger partial charge < -0.3 is 4.52 Å².